The van der Waals surface area contributed by atoms with Gasteiger partial charge >= 0.3 is 11.6 Å². The molecular formula is C22H10O5. The van der Waals surface area contributed by atoms with Crippen LogP contribution in [-0.2, 0) is 0 Å². The Bertz CT molecular complexity index is 1660. The molecular weight excluding hydrogens is 344 g/mol. The fourth-order valence-corrected chi connectivity index (χ4v) is 4.13. The Morgan fingerprint density at radius 1 is 0.556 bits per heavy atom. The molecule has 5 heteroatoms. The Kier molecular flexibility index (Phi) is 2.58. The van der Waals surface area contributed by atoms with Gasteiger partial charge in [0.2, 0.25) is 0 Å². The molecule has 0 saturated carbocycles. The lowest BCUT2D eigenvalue weighted by atomic mass is 9.89. The molecule has 0 fully saturated rings. The van der Waals surface area contributed by atoms with Crippen molar-refractivity contribution < 1.29 is 13.3 Å². The maximum atomic E-state index is 11.9. The maximum absolute atomic E-state index is 11.9. The van der Waals surface area contributed by atoms with Crippen molar-refractivity contribution >= 4 is 54.3 Å². The van der Waals surface area contributed by atoms with Crippen LogP contribution in [0.15, 0.2) is 83.5 Å². The first-order valence-corrected chi connectivity index (χ1v) is 8.44. The summed E-state index contributed by atoms with van der Waals surface area (Å²) >= 11 is 0. The van der Waals surface area contributed by atoms with Gasteiger partial charge in [-0.1, -0.05) is 54.6 Å². The van der Waals surface area contributed by atoms with E-state index in [4.69, 9.17) is 8.83 Å². The van der Waals surface area contributed by atoms with Crippen LogP contribution in [0.5, 0.6) is 0 Å². The zero-order chi connectivity index (χ0) is 18.1. The van der Waals surface area contributed by atoms with Crippen LogP contribution >= 0.6 is 0 Å². The van der Waals surface area contributed by atoms with Crippen LogP contribution < -0.4 is 11.6 Å². The van der Waals surface area contributed by atoms with Crippen LogP contribution in [0.25, 0.3) is 54.3 Å². The molecule has 0 radical (unpaired) electrons. The number of rotatable bonds is 0. The molecule has 5 nitrogen and oxygen atoms in total. The van der Waals surface area contributed by atoms with E-state index in [1.807, 2.05) is 48.5 Å². The molecule has 0 aliphatic rings. The molecule has 0 bridgehead atoms. The molecule has 0 spiro atoms. The predicted octanol–water partition coefficient (Wildman–Crippen LogP) is 4.95. The van der Waals surface area contributed by atoms with Crippen LogP contribution in [0.2, 0.25) is 0 Å². The van der Waals surface area contributed by atoms with E-state index in [9.17, 15) is 9.59 Å². The number of hydrogen-bond donors (Lipinski definition) is 0. The van der Waals surface area contributed by atoms with Crippen LogP contribution in [-0.4, -0.2) is 0 Å². The van der Waals surface area contributed by atoms with Gasteiger partial charge in [0.25, 0.3) is 0 Å². The Balaban J connectivity index is 2.13. The lowest BCUT2D eigenvalue weighted by Gasteiger charge is -2.14. The Labute approximate surface area is 150 Å². The van der Waals surface area contributed by atoms with Gasteiger partial charge in [0.05, 0.1) is 0 Å². The molecule has 0 amide bonds. The van der Waals surface area contributed by atoms with E-state index in [2.05, 4.69) is 10.5 Å². The average Bonchev–Trinajstić information content (AvgIpc) is 2.81. The molecule has 27 heavy (non-hydrogen) atoms. The summed E-state index contributed by atoms with van der Waals surface area (Å²) in [5.41, 5.74) is 0.370. The monoisotopic (exact) mass is 354 g/mol. The normalized spacial score (nSPS) is 12.0. The summed E-state index contributed by atoms with van der Waals surface area (Å²) in [7, 11) is 0. The summed E-state index contributed by atoms with van der Waals surface area (Å²) in [6, 6.07) is 19.8. The van der Waals surface area contributed by atoms with Crippen molar-refractivity contribution in [3.63, 3.8) is 0 Å². The topological polar surface area (TPSA) is 73.6 Å². The zero-order valence-corrected chi connectivity index (χ0v) is 13.8. The smallest absolute Gasteiger partial charge is 0.391 e. The van der Waals surface area contributed by atoms with Gasteiger partial charge in [0.15, 0.2) is 11.2 Å². The van der Waals surface area contributed by atoms with Crippen molar-refractivity contribution in [2.45, 2.75) is 0 Å². The number of fused-ring (bicyclic) bond motifs is 4. The minimum atomic E-state index is -1.10. The Morgan fingerprint density at radius 3 is 1.96 bits per heavy atom. The van der Waals surface area contributed by atoms with Crippen molar-refractivity contribution in [2.24, 2.45) is 0 Å². The van der Waals surface area contributed by atoms with Crippen LogP contribution in [0.3, 0.4) is 0 Å². The van der Waals surface area contributed by atoms with Crippen molar-refractivity contribution in [3.05, 3.63) is 81.9 Å². The third-order valence-electron chi connectivity index (χ3n) is 5.09. The summed E-state index contributed by atoms with van der Waals surface area (Å²) in [5.74, 6) is -2.20. The zero-order valence-electron chi connectivity index (χ0n) is 13.8. The molecule has 0 aliphatic carbocycles. The molecule has 0 atom stereocenters. The van der Waals surface area contributed by atoms with Gasteiger partial charge in [-0.2, -0.15) is 0 Å². The molecule has 6 rings (SSSR count). The summed E-state index contributed by atoms with van der Waals surface area (Å²) in [6.45, 7) is 0. The molecule has 0 unspecified atom stereocenters. The second-order valence-electron chi connectivity index (χ2n) is 6.50. The van der Waals surface area contributed by atoms with Gasteiger partial charge in [-0.3, -0.25) is 0 Å². The lowest BCUT2D eigenvalue weighted by molar-refractivity contribution is 0.281. The molecule has 1 aromatic heterocycles. The average molecular weight is 354 g/mol. The molecule has 0 saturated heterocycles. The van der Waals surface area contributed by atoms with E-state index in [-0.39, 0.29) is 11.2 Å². The SMILES string of the molecule is O=c1oc(=O)oc2c(cc3cccc4c5cccc6cccc(c65)c2c34)o1. The summed E-state index contributed by atoms with van der Waals surface area (Å²) < 4.78 is 15.1. The van der Waals surface area contributed by atoms with E-state index in [0.717, 1.165) is 43.1 Å². The van der Waals surface area contributed by atoms with Crippen molar-refractivity contribution in [1.82, 2.24) is 0 Å². The van der Waals surface area contributed by atoms with Gasteiger partial charge in [0, 0.05) is 10.8 Å². The Morgan fingerprint density at radius 2 is 1.19 bits per heavy atom. The molecule has 0 aliphatic heterocycles. The highest BCUT2D eigenvalue weighted by Crippen LogP contribution is 2.42. The molecule has 6 aromatic rings. The molecule has 5 aromatic carbocycles. The van der Waals surface area contributed by atoms with Crippen molar-refractivity contribution in [1.29, 1.82) is 0 Å². The molecule has 1 heterocycles. The minimum absolute atomic E-state index is 0.168. The Hall–Kier alpha value is -3.86. The first-order chi connectivity index (χ1) is 13.2. The highest BCUT2D eigenvalue weighted by molar-refractivity contribution is 6.36. The van der Waals surface area contributed by atoms with Gasteiger partial charge in [0.1, 0.15) is 0 Å². The third-order valence-corrected chi connectivity index (χ3v) is 5.09. The third kappa shape index (κ3) is 1.83. The van der Waals surface area contributed by atoms with Gasteiger partial charge in [-0.15, -0.1) is 0 Å². The minimum Gasteiger partial charge on any atom is -0.391 e. The van der Waals surface area contributed by atoms with E-state index in [1.165, 1.54) is 0 Å². The van der Waals surface area contributed by atoms with Gasteiger partial charge in [-0.05, 0) is 38.4 Å². The van der Waals surface area contributed by atoms with E-state index >= 15 is 0 Å². The lowest BCUT2D eigenvalue weighted by Crippen LogP contribution is -2.01. The first kappa shape index (κ1) is 14.3. The summed E-state index contributed by atoms with van der Waals surface area (Å²) in [5, 5.41) is 7.81. The second-order valence-corrected chi connectivity index (χ2v) is 6.50. The second kappa shape index (κ2) is 4.86. The van der Waals surface area contributed by atoms with E-state index in [0.29, 0.717) is 0 Å². The molecule has 128 valence electrons. The van der Waals surface area contributed by atoms with E-state index in [1.54, 1.807) is 6.07 Å². The summed E-state index contributed by atoms with van der Waals surface area (Å²) in [6.07, 6.45) is 0. The summed E-state index contributed by atoms with van der Waals surface area (Å²) in [4.78, 5) is 23.6. The largest absolute Gasteiger partial charge is 0.524 e. The maximum Gasteiger partial charge on any atom is 0.524 e. The standard InChI is InChI=1S/C22H10O5/c23-21-25-16-10-12-6-3-8-14-13-7-1-4-11-5-2-9-15(17(11)13)19(18(12)14)20(16)26-22(24)27-21/h1-10H. The quantitative estimate of drug-likeness (QED) is 0.285. The van der Waals surface area contributed by atoms with Crippen LogP contribution in [0.1, 0.15) is 0 Å². The van der Waals surface area contributed by atoms with Crippen LogP contribution in [0.4, 0.5) is 0 Å². The van der Waals surface area contributed by atoms with Crippen molar-refractivity contribution in [2.75, 3.05) is 0 Å². The molecule has 0 N–H and O–H groups in total. The van der Waals surface area contributed by atoms with Gasteiger partial charge < -0.3 is 13.3 Å². The van der Waals surface area contributed by atoms with Crippen molar-refractivity contribution in [3.8, 4) is 0 Å². The fraction of sp³-hybridized carbons (Fsp3) is 0. The highest BCUT2D eigenvalue weighted by Gasteiger charge is 2.17. The van der Waals surface area contributed by atoms with Gasteiger partial charge in [-0.25, -0.2) is 9.59 Å². The number of hydrogen-bond acceptors (Lipinski definition) is 5. The fourth-order valence-electron chi connectivity index (χ4n) is 4.13. The van der Waals surface area contributed by atoms with E-state index < -0.39 is 11.6 Å². The van der Waals surface area contributed by atoms with Crippen LogP contribution in [0, 0.1) is 0 Å². The predicted molar refractivity (Wildman–Crippen MR) is 103 cm³/mol. The first-order valence-electron chi connectivity index (χ1n) is 8.44. The number of benzene rings is 5. The highest BCUT2D eigenvalue weighted by atomic mass is 16.6.